The van der Waals surface area contributed by atoms with Gasteiger partial charge in [-0.15, -0.1) is 0 Å². The molecule has 1 aromatic heterocycles. The highest BCUT2D eigenvalue weighted by molar-refractivity contribution is 8.00. The molecule has 0 N–H and O–H groups in total. The van der Waals surface area contributed by atoms with E-state index in [0.717, 1.165) is 49.3 Å². The summed E-state index contributed by atoms with van der Waals surface area (Å²) in [6.07, 6.45) is 5.42. The summed E-state index contributed by atoms with van der Waals surface area (Å²) in [5.74, 6) is 0.295. The number of rotatable bonds is 5. The normalized spacial score (nSPS) is 22.0. The molecule has 1 atom stereocenters. The smallest absolute Gasteiger partial charge is 0.243 e. The highest BCUT2D eigenvalue weighted by Crippen LogP contribution is 2.34. The lowest BCUT2D eigenvalue weighted by Gasteiger charge is -2.25. The van der Waals surface area contributed by atoms with Gasteiger partial charge in [-0.05, 0) is 50.8 Å². The SMILES string of the molecule is CCn1c(S[C@@H]2CCCC2=O)nc2cc(S(=O)(=O)N3CCCCC3)ccc21. The first-order valence-corrected chi connectivity index (χ1v) is 12.0. The van der Waals surface area contributed by atoms with Gasteiger partial charge in [0.1, 0.15) is 5.78 Å². The number of carbonyl (C=O) groups excluding carboxylic acids is 1. The zero-order valence-electron chi connectivity index (χ0n) is 15.6. The summed E-state index contributed by atoms with van der Waals surface area (Å²) in [5.41, 5.74) is 1.60. The van der Waals surface area contributed by atoms with Crippen LogP contribution in [0.3, 0.4) is 0 Å². The van der Waals surface area contributed by atoms with Crippen LogP contribution >= 0.6 is 11.8 Å². The van der Waals surface area contributed by atoms with Gasteiger partial charge in [0.05, 0.1) is 21.2 Å². The fraction of sp³-hybridized carbons (Fsp3) is 0.579. The molecule has 2 fully saturated rings. The standard InChI is InChI=1S/C19H25N3O3S2/c1-2-22-16-10-9-14(27(24,25)21-11-4-3-5-12-21)13-15(16)20-19(22)26-18-8-6-7-17(18)23/h9-10,13,18H,2-8,11-12H2,1H3/t18-/m1/s1. The third-order valence-electron chi connectivity index (χ3n) is 5.45. The minimum absolute atomic E-state index is 0.0244. The number of benzene rings is 1. The van der Waals surface area contributed by atoms with E-state index >= 15 is 0 Å². The summed E-state index contributed by atoms with van der Waals surface area (Å²) < 4.78 is 29.6. The van der Waals surface area contributed by atoms with Gasteiger partial charge in [-0.2, -0.15) is 4.31 Å². The second-order valence-corrected chi connectivity index (χ2v) is 10.3. The molecule has 1 aromatic carbocycles. The molecule has 27 heavy (non-hydrogen) atoms. The number of nitrogens with zero attached hydrogens (tertiary/aromatic N) is 3. The van der Waals surface area contributed by atoms with Gasteiger partial charge in [0.15, 0.2) is 5.16 Å². The molecule has 0 spiro atoms. The maximum Gasteiger partial charge on any atom is 0.243 e. The van der Waals surface area contributed by atoms with Crippen molar-refractivity contribution in [2.24, 2.45) is 0 Å². The Morgan fingerprint density at radius 3 is 2.63 bits per heavy atom. The number of aryl methyl sites for hydroxylation is 1. The van der Waals surface area contributed by atoms with Crippen LogP contribution in [-0.4, -0.2) is 46.4 Å². The van der Waals surface area contributed by atoms with Crippen LogP contribution in [0.4, 0.5) is 0 Å². The molecule has 0 bridgehead atoms. The van der Waals surface area contributed by atoms with Gasteiger partial charge in [0.2, 0.25) is 10.0 Å². The molecule has 146 valence electrons. The predicted molar refractivity (Wildman–Crippen MR) is 107 cm³/mol. The number of sulfonamides is 1. The fourth-order valence-corrected chi connectivity index (χ4v) is 6.77. The first-order valence-electron chi connectivity index (χ1n) is 9.70. The highest BCUT2D eigenvalue weighted by atomic mass is 32.2. The van der Waals surface area contributed by atoms with E-state index in [1.54, 1.807) is 16.4 Å². The number of imidazole rings is 1. The molecule has 1 aliphatic heterocycles. The summed E-state index contributed by atoms with van der Waals surface area (Å²) in [6.45, 7) is 3.96. The number of thioether (sulfide) groups is 1. The molecule has 2 aromatic rings. The second kappa shape index (κ2) is 7.56. The monoisotopic (exact) mass is 407 g/mol. The first kappa shape index (κ1) is 19.0. The Labute approximate surface area is 164 Å². The number of aromatic nitrogens is 2. The Morgan fingerprint density at radius 2 is 1.96 bits per heavy atom. The Morgan fingerprint density at radius 1 is 1.19 bits per heavy atom. The summed E-state index contributed by atoms with van der Waals surface area (Å²) in [6, 6.07) is 5.23. The Bertz CT molecular complexity index is 962. The average Bonchev–Trinajstić information content (AvgIpc) is 3.24. The number of fused-ring (bicyclic) bond motifs is 1. The highest BCUT2D eigenvalue weighted by Gasteiger charge is 2.29. The van der Waals surface area contributed by atoms with Crippen LogP contribution in [0.5, 0.6) is 0 Å². The number of carbonyl (C=O) groups is 1. The number of Topliss-reactive ketones (excluding diaryl/α,β-unsaturated/α-hetero) is 1. The van der Waals surface area contributed by atoms with Gasteiger partial charge in [-0.25, -0.2) is 13.4 Å². The molecular weight excluding hydrogens is 382 g/mol. The Kier molecular flexibility index (Phi) is 5.31. The van der Waals surface area contributed by atoms with E-state index in [4.69, 9.17) is 4.98 Å². The van der Waals surface area contributed by atoms with Crippen molar-refractivity contribution in [2.75, 3.05) is 13.1 Å². The maximum atomic E-state index is 13.0. The van der Waals surface area contributed by atoms with Crippen LogP contribution in [0, 0.1) is 0 Å². The van der Waals surface area contributed by atoms with Gasteiger partial charge in [0, 0.05) is 26.1 Å². The largest absolute Gasteiger partial charge is 0.319 e. The molecule has 1 aliphatic carbocycles. The summed E-state index contributed by atoms with van der Waals surface area (Å²) >= 11 is 1.52. The lowest BCUT2D eigenvalue weighted by Crippen LogP contribution is -2.35. The summed E-state index contributed by atoms with van der Waals surface area (Å²) in [4.78, 5) is 17.0. The second-order valence-electron chi connectivity index (χ2n) is 7.22. The van der Waals surface area contributed by atoms with Crippen LogP contribution < -0.4 is 0 Å². The van der Waals surface area contributed by atoms with Gasteiger partial charge < -0.3 is 4.57 Å². The molecule has 1 saturated carbocycles. The van der Waals surface area contributed by atoms with Crippen LogP contribution in [0.2, 0.25) is 0 Å². The van der Waals surface area contributed by atoms with E-state index in [9.17, 15) is 13.2 Å². The molecular formula is C19H25N3O3S2. The third kappa shape index (κ3) is 3.54. The summed E-state index contributed by atoms with van der Waals surface area (Å²) in [5, 5.41) is 0.781. The molecule has 6 nitrogen and oxygen atoms in total. The van der Waals surface area contributed by atoms with Crippen molar-refractivity contribution in [1.82, 2.24) is 13.9 Å². The van der Waals surface area contributed by atoms with Crippen LogP contribution in [0.1, 0.15) is 45.4 Å². The van der Waals surface area contributed by atoms with E-state index in [1.165, 1.54) is 11.8 Å². The van der Waals surface area contributed by atoms with Crippen molar-refractivity contribution < 1.29 is 13.2 Å². The molecule has 0 unspecified atom stereocenters. The quantitative estimate of drug-likeness (QED) is 0.759. The van der Waals surface area contributed by atoms with Crippen LogP contribution in [0.25, 0.3) is 11.0 Å². The minimum atomic E-state index is -3.47. The molecule has 2 aliphatic rings. The average molecular weight is 408 g/mol. The fourth-order valence-electron chi connectivity index (χ4n) is 3.93. The number of hydrogen-bond donors (Lipinski definition) is 0. The molecule has 0 amide bonds. The Balaban J connectivity index is 1.69. The lowest BCUT2D eigenvalue weighted by molar-refractivity contribution is -0.116. The van der Waals surface area contributed by atoms with Crippen molar-refractivity contribution in [3.63, 3.8) is 0 Å². The van der Waals surface area contributed by atoms with Crippen molar-refractivity contribution in [2.45, 2.75) is 67.3 Å². The molecule has 0 radical (unpaired) electrons. The number of ketones is 1. The third-order valence-corrected chi connectivity index (χ3v) is 8.65. The topological polar surface area (TPSA) is 72.3 Å². The maximum absolute atomic E-state index is 13.0. The predicted octanol–water partition coefficient (Wildman–Crippen LogP) is 3.44. The van der Waals surface area contributed by atoms with Crippen molar-refractivity contribution in [3.05, 3.63) is 18.2 Å². The van der Waals surface area contributed by atoms with Crippen LogP contribution in [-0.2, 0) is 21.4 Å². The van der Waals surface area contributed by atoms with Gasteiger partial charge in [-0.1, -0.05) is 18.2 Å². The van der Waals surface area contributed by atoms with E-state index in [2.05, 4.69) is 4.57 Å². The molecule has 1 saturated heterocycles. The number of piperidine rings is 1. The molecule has 4 rings (SSSR count). The van der Waals surface area contributed by atoms with Crippen molar-refractivity contribution in [1.29, 1.82) is 0 Å². The number of hydrogen-bond acceptors (Lipinski definition) is 5. The van der Waals surface area contributed by atoms with Crippen molar-refractivity contribution >= 4 is 38.6 Å². The van der Waals surface area contributed by atoms with Gasteiger partial charge in [0.25, 0.3) is 0 Å². The molecule has 2 heterocycles. The van der Waals surface area contributed by atoms with Crippen LogP contribution in [0.15, 0.2) is 28.3 Å². The van der Waals surface area contributed by atoms with E-state index in [0.29, 0.717) is 35.7 Å². The van der Waals surface area contributed by atoms with E-state index in [-0.39, 0.29) is 5.25 Å². The zero-order valence-corrected chi connectivity index (χ0v) is 17.2. The Hall–Kier alpha value is -1.38. The van der Waals surface area contributed by atoms with Gasteiger partial charge in [-0.3, -0.25) is 4.79 Å². The van der Waals surface area contributed by atoms with E-state index in [1.807, 2.05) is 13.0 Å². The summed E-state index contributed by atoms with van der Waals surface area (Å²) in [7, 11) is -3.47. The lowest BCUT2D eigenvalue weighted by atomic mass is 10.2. The molecule has 8 heteroatoms. The van der Waals surface area contributed by atoms with Gasteiger partial charge >= 0.3 is 0 Å². The minimum Gasteiger partial charge on any atom is -0.319 e. The van der Waals surface area contributed by atoms with Crippen molar-refractivity contribution in [3.8, 4) is 0 Å². The zero-order chi connectivity index (χ0) is 19.0. The first-order chi connectivity index (χ1) is 13.0. The van der Waals surface area contributed by atoms with E-state index < -0.39 is 10.0 Å².